The molecule has 1 aliphatic carbocycles. The fourth-order valence-electron chi connectivity index (χ4n) is 6.81. The molecule has 0 unspecified atom stereocenters. The van der Waals surface area contributed by atoms with Crippen LogP contribution in [0.15, 0.2) is 66.9 Å². The van der Waals surface area contributed by atoms with Crippen molar-refractivity contribution in [1.82, 2.24) is 4.98 Å². The molecule has 0 fully saturated rings. The summed E-state index contributed by atoms with van der Waals surface area (Å²) in [6, 6.07) is 22.7. The van der Waals surface area contributed by atoms with E-state index in [2.05, 4.69) is 94.6 Å². The first-order valence-corrected chi connectivity index (χ1v) is 11.3. The van der Waals surface area contributed by atoms with Crippen molar-refractivity contribution in [2.75, 3.05) is 0 Å². The number of aromatic nitrogens is 1. The average molecular weight is 400 g/mol. The number of rotatable bonds is 0. The lowest BCUT2D eigenvalue weighted by molar-refractivity contribution is 0.404. The Hall–Kier alpha value is -3.19. The Kier molecular flexibility index (Phi) is 3.01. The van der Waals surface area contributed by atoms with Gasteiger partial charge in [0.25, 0.3) is 0 Å². The first-order valence-electron chi connectivity index (χ1n) is 11.3. The highest BCUT2D eigenvalue weighted by Gasteiger charge is 2.43. The van der Waals surface area contributed by atoms with Gasteiger partial charge in [-0.1, -0.05) is 76.2 Å². The molecule has 7 rings (SSSR count). The van der Waals surface area contributed by atoms with E-state index >= 15 is 0 Å². The zero-order valence-electron chi connectivity index (χ0n) is 18.5. The number of hydrogen-bond donors (Lipinski definition) is 0. The number of nitrogens with zero attached hydrogens (tertiary/aromatic N) is 1. The van der Waals surface area contributed by atoms with E-state index in [1.165, 1.54) is 59.6 Å². The minimum atomic E-state index is 0.150. The second-order valence-corrected chi connectivity index (χ2v) is 10.8. The molecule has 1 nitrogen and oxygen atoms in total. The molecule has 0 saturated carbocycles. The maximum Gasteiger partial charge on any atom is 0.0784 e. The van der Waals surface area contributed by atoms with Crippen LogP contribution in [0.5, 0.6) is 0 Å². The summed E-state index contributed by atoms with van der Waals surface area (Å²) in [6.07, 6.45) is 3.33. The summed E-state index contributed by atoms with van der Waals surface area (Å²) in [4.78, 5) is 5.08. The minimum absolute atomic E-state index is 0.150. The third-order valence-corrected chi connectivity index (χ3v) is 7.75. The summed E-state index contributed by atoms with van der Waals surface area (Å²) < 4.78 is 0. The van der Waals surface area contributed by atoms with Crippen LogP contribution < -0.4 is 0 Å². The van der Waals surface area contributed by atoms with Gasteiger partial charge in [0.1, 0.15) is 0 Å². The molecule has 5 aromatic carbocycles. The third kappa shape index (κ3) is 2.09. The summed E-state index contributed by atoms with van der Waals surface area (Å²) in [5.74, 6) is 0. The molecule has 0 atom stereocenters. The molecule has 0 saturated heterocycles. The van der Waals surface area contributed by atoms with Crippen LogP contribution in [0.1, 0.15) is 45.2 Å². The van der Waals surface area contributed by atoms with Crippen molar-refractivity contribution in [3.05, 3.63) is 78.0 Å². The Bertz CT molecular complexity index is 1700. The molecule has 0 spiro atoms. The van der Waals surface area contributed by atoms with Gasteiger partial charge in [0, 0.05) is 17.0 Å². The first kappa shape index (κ1) is 17.5. The van der Waals surface area contributed by atoms with Gasteiger partial charge in [0.05, 0.1) is 5.52 Å². The van der Waals surface area contributed by atoms with Gasteiger partial charge in [0.15, 0.2) is 0 Å². The van der Waals surface area contributed by atoms with Crippen LogP contribution in [0.4, 0.5) is 0 Å². The highest BCUT2D eigenvalue weighted by Crippen LogP contribution is 2.52. The van der Waals surface area contributed by atoms with E-state index in [0.717, 1.165) is 11.9 Å². The van der Waals surface area contributed by atoms with Crippen molar-refractivity contribution >= 4 is 54.0 Å². The van der Waals surface area contributed by atoms with Crippen LogP contribution in [0.2, 0.25) is 0 Å². The van der Waals surface area contributed by atoms with Gasteiger partial charge in [0.2, 0.25) is 0 Å². The largest absolute Gasteiger partial charge is 0.255 e. The molecule has 1 heterocycles. The van der Waals surface area contributed by atoms with Gasteiger partial charge in [-0.2, -0.15) is 0 Å². The van der Waals surface area contributed by atoms with E-state index < -0.39 is 0 Å². The number of benzene rings is 5. The van der Waals surface area contributed by atoms with Crippen molar-refractivity contribution in [3.8, 4) is 0 Å². The van der Waals surface area contributed by atoms with Crippen LogP contribution in [0, 0.1) is 0 Å². The van der Waals surface area contributed by atoms with Crippen molar-refractivity contribution in [2.45, 2.75) is 44.9 Å². The van der Waals surface area contributed by atoms with Gasteiger partial charge in [-0.3, -0.25) is 4.98 Å². The quantitative estimate of drug-likeness (QED) is 0.185. The summed E-state index contributed by atoms with van der Waals surface area (Å²) in [7, 11) is 0. The number of hydrogen-bond acceptors (Lipinski definition) is 1. The fourth-order valence-corrected chi connectivity index (χ4v) is 6.81. The zero-order valence-corrected chi connectivity index (χ0v) is 18.5. The maximum atomic E-state index is 5.08. The summed E-state index contributed by atoms with van der Waals surface area (Å²) in [5.41, 5.74) is 4.39. The monoisotopic (exact) mass is 399 g/mol. The van der Waals surface area contributed by atoms with E-state index in [0.29, 0.717) is 0 Å². The SMILES string of the molecule is CC1(C)CC(C)(C)c2c1cnc1c2cc2ccc3c4ccccc4cc4ccc1c2c43. The Morgan fingerprint density at radius 1 is 0.645 bits per heavy atom. The predicted octanol–water partition coefficient (Wildman–Crippen LogP) is 8.24. The summed E-state index contributed by atoms with van der Waals surface area (Å²) in [5, 5.41) is 12.0. The number of fused-ring (bicyclic) bond motifs is 6. The lowest BCUT2D eigenvalue weighted by atomic mass is 9.81. The first-order chi connectivity index (χ1) is 14.9. The van der Waals surface area contributed by atoms with Crippen molar-refractivity contribution in [3.63, 3.8) is 0 Å². The molecule has 0 bridgehead atoms. The summed E-state index contributed by atoms with van der Waals surface area (Å²) in [6.45, 7) is 9.53. The molecule has 1 aliphatic rings. The maximum absolute atomic E-state index is 5.08. The topological polar surface area (TPSA) is 12.9 Å². The second kappa shape index (κ2) is 5.34. The van der Waals surface area contributed by atoms with Crippen LogP contribution in [-0.4, -0.2) is 4.98 Å². The fraction of sp³-hybridized carbons (Fsp3) is 0.233. The molecule has 0 N–H and O–H groups in total. The zero-order chi connectivity index (χ0) is 21.1. The molecule has 1 heteroatoms. The third-order valence-electron chi connectivity index (χ3n) is 7.75. The van der Waals surface area contributed by atoms with Crippen molar-refractivity contribution < 1.29 is 0 Å². The molecular formula is C30H25N. The lowest BCUT2D eigenvalue weighted by Gasteiger charge is -2.23. The van der Waals surface area contributed by atoms with Gasteiger partial charge in [-0.25, -0.2) is 0 Å². The molecule has 1 aromatic heterocycles. The van der Waals surface area contributed by atoms with Gasteiger partial charge in [-0.05, 0) is 78.2 Å². The highest BCUT2D eigenvalue weighted by molar-refractivity contribution is 6.32. The van der Waals surface area contributed by atoms with Crippen molar-refractivity contribution in [2.24, 2.45) is 0 Å². The molecule has 0 radical (unpaired) electrons. The second-order valence-electron chi connectivity index (χ2n) is 10.8. The van der Waals surface area contributed by atoms with Gasteiger partial charge < -0.3 is 0 Å². The standard InChI is InChI=1S/C30H25N/c1-29(2)16-30(3,4)27-23-14-19-9-11-21-20-8-6-5-7-17(20)13-18-10-12-22(26(19)25(18)21)28(23)31-15-24(27)29/h5-15H,16H2,1-4H3. The molecule has 6 aromatic rings. The van der Waals surface area contributed by atoms with Crippen LogP contribution in [-0.2, 0) is 10.8 Å². The van der Waals surface area contributed by atoms with Gasteiger partial charge >= 0.3 is 0 Å². The summed E-state index contributed by atoms with van der Waals surface area (Å²) >= 11 is 0. The minimum Gasteiger partial charge on any atom is -0.255 e. The van der Waals surface area contributed by atoms with Gasteiger partial charge in [-0.15, -0.1) is 0 Å². The van der Waals surface area contributed by atoms with E-state index in [1.807, 2.05) is 0 Å². The van der Waals surface area contributed by atoms with Crippen LogP contribution >= 0.6 is 0 Å². The van der Waals surface area contributed by atoms with E-state index in [9.17, 15) is 0 Å². The Morgan fingerprint density at radius 2 is 1.35 bits per heavy atom. The normalized spacial score (nSPS) is 17.4. The highest BCUT2D eigenvalue weighted by atomic mass is 14.7. The van der Waals surface area contributed by atoms with Crippen molar-refractivity contribution in [1.29, 1.82) is 0 Å². The average Bonchev–Trinajstić information content (AvgIpc) is 2.94. The molecule has 0 aliphatic heterocycles. The Balaban J connectivity index is 1.72. The van der Waals surface area contributed by atoms with Crippen LogP contribution in [0.25, 0.3) is 54.0 Å². The smallest absolute Gasteiger partial charge is 0.0784 e. The van der Waals surface area contributed by atoms with E-state index in [-0.39, 0.29) is 10.8 Å². The lowest BCUT2D eigenvalue weighted by Crippen LogP contribution is -2.18. The molecule has 0 amide bonds. The predicted molar refractivity (Wildman–Crippen MR) is 134 cm³/mol. The molecule has 150 valence electrons. The van der Waals surface area contributed by atoms with E-state index in [4.69, 9.17) is 4.98 Å². The Morgan fingerprint density at radius 3 is 2.19 bits per heavy atom. The molecular weight excluding hydrogens is 374 g/mol. The number of pyridine rings is 1. The van der Waals surface area contributed by atoms with E-state index in [1.54, 1.807) is 0 Å². The molecule has 31 heavy (non-hydrogen) atoms. The Labute approximate surface area is 182 Å². The van der Waals surface area contributed by atoms with Crippen LogP contribution in [0.3, 0.4) is 0 Å².